The van der Waals surface area contributed by atoms with Crippen LogP contribution < -0.4 is 10.1 Å². The van der Waals surface area contributed by atoms with E-state index in [0.717, 1.165) is 31.9 Å². The molecule has 1 atom stereocenters. The van der Waals surface area contributed by atoms with Gasteiger partial charge in [-0.1, -0.05) is 18.2 Å². The SMILES string of the molecule is COCCNCc1cccc(OC2C=CCCC2)c1. The number of nitrogens with one attached hydrogen (secondary N) is 1. The molecule has 0 spiro atoms. The average Bonchev–Trinajstić information content (AvgIpc) is 2.45. The van der Waals surface area contributed by atoms with Crippen LogP contribution in [0.15, 0.2) is 36.4 Å². The van der Waals surface area contributed by atoms with Crippen LogP contribution in [-0.2, 0) is 11.3 Å². The number of hydrogen-bond acceptors (Lipinski definition) is 3. The second kappa shape index (κ2) is 7.97. The molecule has 1 aliphatic rings. The van der Waals surface area contributed by atoms with Crippen molar-refractivity contribution in [2.75, 3.05) is 20.3 Å². The summed E-state index contributed by atoms with van der Waals surface area (Å²) in [5, 5.41) is 3.34. The van der Waals surface area contributed by atoms with Crippen molar-refractivity contribution >= 4 is 0 Å². The highest BCUT2D eigenvalue weighted by molar-refractivity contribution is 5.29. The molecule has 1 aromatic carbocycles. The molecule has 0 heterocycles. The van der Waals surface area contributed by atoms with Gasteiger partial charge in [-0.3, -0.25) is 0 Å². The average molecular weight is 261 g/mol. The largest absolute Gasteiger partial charge is 0.486 e. The smallest absolute Gasteiger partial charge is 0.120 e. The lowest BCUT2D eigenvalue weighted by molar-refractivity contribution is 0.199. The fourth-order valence-electron chi connectivity index (χ4n) is 2.19. The van der Waals surface area contributed by atoms with E-state index in [1.165, 1.54) is 18.4 Å². The number of hydrogen-bond donors (Lipinski definition) is 1. The molecular weight excluding hydrogens is 238 g/mol. The van der Waals surface area contributed by atoms with Crippen molar-refractivity contribution in [3.05, 3.63) is 42.0 Å². The fraction of sp³-hybridized carbons (Fsp3) is 0.500. The highest BCUT2D eigenvalue weighted by Gasteiger charge is 2.09. The second-order valence-corrected chi connectivity index (χ2v) is 4.83. The first-order chi connectivity index (χ1) is 9.38. The quantitative estimate of drug-likeness (QED) is 0.604. The third-order valence-electron chi connectivity index (χ3n) is 3.21. The number of allylic oxidation sites excluding steroid dienone is 1. The van der Waals surface area contributed by atoms with Gasteiger partial charge >= 0.3 is 0 Å². The van der Waals surface area contributed by atoms with Gasteiger partial charge in [-0.15, -0.1) is 0 Å². The molecule has 0 aliphatic heterocycles. The van der Waals surface area contributed by atoms with Gasteiger partial charge in [0.1, 0.15) is 11.9 Å². The Kier molecular flexibility index (Phi) is 5.92. The van der Waals surface area contributed by atoms with Crippen LogP contribution in [0.5, 0.6) is 5.75 Å². The lowest BCUT2D eigenvalue weighted by atomic mass is 10.1. The summed E-state index contributed by atoms with van der Waals surface area (Å²) in [6.45, 7) is 2.46. The minimum Gasteiger partial charge on any atom is -0.486 e. The highest BCUT2D eigenvalue weighted by atomic mass is 16.5. The molecule has 1 N–H and O–H groups in total. The van der Waals surface area contributed by atoms with E-state index in [0.29, 0.717) is 0 Å². The Hall–Kier alpha value is -1.32. The molecule has 19 heavy (non-hydrogen) atoms. The molecule has 0 amide bonds. The van der Waals surface area contributed by atoms with Crippen molar-refractivity contribution in [1.29, 1.82) is 0 Å². The van der Waals surface area contributed by atoms with Crippen LogP contribution in [0.1, 0.15) is 24.8 Å². The summed E-state index contributed by atoms with van der Waals surface area (Å²) < 4.78 is 11.0. The molecule has 0 saturated carbocycles. The molecule has 1 unspecified atom stereocenters. The summed E-state index contributed by atoms with van der Waals surface area (Å²) in [5.41, 5.74) is 1.24. The van der Waals surface area contributed by atoms with Crippen LogP contribution in [-0.4, -0.2) is 26.4 Å². The Labute approximate surface area is 115 Å². The normalized spacial score (nSPS) is 18.5. The maximum absolute atomic E-state index is 5.98. The minimum atomic E-state index is 0.241. The Morgan fingerprint density at radius 2 is 2.32 bits per heavy atom. The Bertz CT molecular complexity index is 403. The predicted octanol–water partition coefficient (Wildman–Crippen LogP) is 2.91. The molecule has 1 aromatic rings. The summed E-state index contributed by atoms with van der Waals surface area (Å²) in [4.78, 5) is 0. The molecule has 1 aliphatic carbocycles. The van der Waals surface area contributed by atoms with Crippen molar-refractivity contribution in [3.63, 3.8) is 0 Å². The van der Waals surface area contributed by atoms with Crippen LogP contribution >= 0.6 is 0 Å². The van der Waals surface area contributed by atoms with E-state index in [4.69, 9.17) is 9.47 Å². The van der Waals surface area contributed by atoms with Gasteiger partial charge < -0.3 is 14.8 Å². The van der Waals surface area contributed by atoms with E-state index in [1.54, 1.807) is 7.11 Å². The minimum absolute atomic E-state index is 0.241. The van der Waals surface area contributed by atoms with Crippen molar-refractivity contribution in [2.24, 2.45) is 0 Å². The molecule has 0 aromatic heterocycles. The van der Waals surface area contributed by atoms with Gasteiger partial charge in [-0.2, -0.15) is 0 Å². The molecule has 104 valence electrons. The molecule has 0 fully saturated rings. The molecule has 0 saturated heterocycles. The monoisotopic (exact) mass is 261 g/mol. The van der Waals surface area contributed by atoms with Gasteiger partial charge in [0.25, 0.3) is 0 Å². The van der Waals surface area contributed by atoms with Gasteiger partial charge in [-0.05, 0) is 43.0 Å². The van der Waals surface area contributed by atoms with Crippen molar-refractivity contribution in [1.82, 2.24) is 5.32 Å². The zero-order valence-corrected chi connectivity index (χ0v) is 11.6. The highest BCUT2D eigenvalue weighted by Crippen LogP contribution is 2.20. The Morgan fingerprint density at radius 1 is 1.37 bits per heavy atom. The van der Waals surface area contributed by atoms with Crippen LogP contribution in [0.4, 0.5) is 0 Å². The first-order valence-corrected chi connectivity index (χ1v) is 7.00. The second-order valence-electron chi connectivity index (χ2n) is 4.83. The summed E-state index contributed by atoms with van der Waals surface area (Å²) in [6.07, 6.45) is 8.15. The Balaban J connectivity index is 1.84. The number of rotatable bonds is 7. The third-order valence-corrected chi connectivity index (χ3v) is 3.21. The van der Waals surface area contributed by atoms with Crippen molar-refractivity contribution in [3.8, 4) is 5.75 Å². The number of ether oxygens (including phenoxy) is 2. The molecule has 3 heteroatoms. The number of methoxy groups -OCH3 is 1. The van der Waals surface area contributed by atoms with Crippen LogP contribution in [0.25, 0.3) is 0 Å². The van der Waals surface area contributed by atoms with Crippen LogP contribution in [0.3, 0.4) is 0 Å². The zero-order chi connectivity index (χ0) is 13.3. The van der Waals surface area contributed by atoms with E-state index >= 15 is 0 Å². The van der Waals surface area contributed by atoms with Gasteiger partial charge in [0, 0.05) is 20.2 Å². The summed E-state index contributed by atoms with van der Waals surface area (Å²) in [7, 11) is 1.72. The molecule has 0 bridgehead atoms. The summed E-state index contributed by atoms with van der Waals surface area (Å²) in [5.74, 6) is 0.961. The van der Waals surface area contributed by atoms with E-state index in [-0.39, 0.29) is 6.10 Å². The number of benzene rings is 1. The molecule has 0 radical (unpaired) electrons. The van der Waals surface area contributed by atoms with Gasteiger partial charge in [-0.25, -0.2) is 0 Å². The summed E-state index contributed by atoms with van der Waals surface area (Å²) >= 11 is 0. The third kappa shape index (κ3) is 5.05. The van der Waals surface area contributed by atoms with E-state index < -0.39 is 0 Å². The predicted molar refractivity (Wildman–Crippen MR) is 77.4 cm³/mol. The molecule has 2 rings (SSSR count). The topological polar surface area (TPSA) is 30.5 Å². The lowest BCUT2D eigenvalue weighted by Gasteiger charge is -2.18. The summed E-state index contributed by atoms with van der Waals surface area (Å²) in [6, 6.07) is 8.31. The standard InChI is InChI=1S/C16H23NO2/c1-18-11-10-17-13-14-6-5-9-16(12-14)19-15-7-3-2-4-8-15/h3,5-7,9,12,15,17H,2,4,8,10-11,13H2,1H3. The van der Waals surface area contributed by atoms with E-state index in [2.05, 4.69) is 35.7 Å². The maximum atomic E-state index is 5.98. The lowest BCUT2D eigenvalue weighted by Crippen LogP contribution is -2.19. The van der Waals surface area contributed by atoms with Crippen LogP contribution in [0, 0.1) is 0 Å². The van der Waals surface area contributed by atoms with Crippen LogP contribution in [0.2, 0.25) is 0 Å². The van der Waals surface area contributed by atoms with Crippen molar-refractivity contribution in [2.45, 2.75) is 31.9 Å². The fourth-order valence-corrected chi connectivity index (χ4v) is 2.19. The Morgan fingerprint density at radius 3 is 3.11 bits per heavy atom. The molecule has 3 nitrogen and oxygen atoms in total. The van der Waals surface area contributed by atoms with Gasteiger partial charge in [0.05, 0.1) is 6.61 Å². The first kappa shape index (κ1) is 14.1. The maximum Gasteiger partial charge on any atom is 0.120 e. The van der Waals surface area contributed by atoms with Crippen molar-refractivity contribution < 1.29 is 9.47 Å². The van der Waals surface area contributed by atoms with Gasteiger partial charge in [0.2, 0.25) is 0 Å². The zero-order valence-electron chi connectivity index (χ0n) is 11.6. The first-order valence-electron chi connectivity index (χ1n) is 7.00. The molecular formula is C16H23NO2. The van der Waals surface area contributed by atoms with E-state index in [9.17, 15) is 0 Å². The van der Waals surface area contributed by atoms with Gasteiger partial charge in [0.15, 0.2) is 0 Å². The van der Waals surface area contributed by atoms with E-state index in [1.807, 2.05) is 6.07 Å².